The Morgan fingerprint density at radius 1 is 1.28 bits per heavy atom. The second-order valence-electron chi connectivity index (χ2n) is 7.78. The van der Waals surface area contributed by atoms with Crippen LogP contribution < -0.4 is 4.90 Å². The molecule has 0 aliphatic carbocycles. The van der Waals surface area contributed by atoms with E-state index in [4.69, 9.17) is 4.42 Å². The lowest BCUT2D eigenvalue weighted by Gasteiger charge is -2.41. The highest BCUT2D eigenvalue weighted by Gasteiger charge is 2.36. The third-order valence-electron chi connectivity index (χ3n) is 5.45. The quantitative estimate of drug-likeness (QED) is 0.704. The van der Waals surface area contributed by atoms with Crippen LogP contribution in [0.3, 0.4) is 0 Å². The molecule has 0 N–H and O–H groups in total. The summed E-state index contributed by atoms with van der Waals surface area (Å²) in [7, 11) is 0. The zero-order valence-electron chi connectivity index (χ0n) is 15.7. The van der Waals surface area contributed by atoms with Crippen LogP contribution in [0, 0.1) is 23.8 Å². The molecule has 3 heteroatoms. The number of Topliss-reactive ketones (excluding diaryl/α,β-unsaturated/α-hetero) is 1. The minimum atomic E-state index is 0.0775. The lowest BCUT2D eigenvalue weighted by Crippen LogP contribution is -2.45. The van der Waals surface area contributed by atoms with Crippen molar-refractivity contribution in [2.24, 2.45) is 17.8 Å². The van der Waals surface area contributed by atoms with Crippen molar-refractivity contribution < 1.29 is 9.21 Å². The zero-order valence-corrected chi connectivity index (χ0v) is 15.7. The fourth-order valence-corrected chi connectivity index (χ4v) is 3.84. The lowest BCUT2D eigenvalue weighted by molar-refractivity contribution is 0.0812. The van der Waals surface area contributed by atoms with Crippen molar-refractivity contribution in [3.8, 4) is 0 Å². The predicted octanol–water partition coefficient (Wildman–Crippen LogP) is 5.18. The number of nitrogens with zero attached hydrogens (tertiary/aromatic N) is 1. The van der Waals surface area contributed by atoms with E-state index in [1.807, 2.05) is 6.07 Å². The highest BCUT2D eigenvalue weighted by Crippen LogP contribution is 2.35. The first-order chi connectivity index (χ1) is 12.0. The van der Waals surface area contributed by atoms with E-state index < -0.39 is 0 Å². The molecule has 0 bridgehead atoms. The van der Waals surface area contributed by atoms with Gasteiger partial charge in [0.2, 0.25) is 0 Å². The zero-order chi connectivity index (χ0) is 18.0. The molecule has 0 spiro atoms. The highest BCUT2D eigenvalue weighted by molar-refractivity contribution is 5.97. The fourth-order valence-electron chi connectivity index (χ4n) is 3.84. The first-order valence-corrected chi connectivity index (χ1v) is 9.30. The van der Waals surface area contributed by atoms with Gasteiger partial charge in [0.15, 0.2) is 5.78 Å². The Labute approximate surface area is 151 Å². The highest BCUT2D eigenvalue weighted by atomic mass is 16.3. The SMILES string of the molecule is CC(C)c1[c]ccc(N2CC[C@@H](C(=O)c3ccoc3)[C@@H](C(C)C)C2)c1. The van der Waals surface area contributed by atoms with Gasteiger partial charge in [0.25, 0.3) is 0 Å². The van der Waals surface area contributed by atoms with Gasteiger partial charge >= 0.3 is 0 Å². The van der Waals surface area contributed by atoms with E-state index in [2.05, 4.69) is 50.8 Å². The summed E-state index contributed by atoms with van der Waals surface area (Å²) in [6.07, 6.45) is 4.05. The van der Waals surface area contributed by atoms with E-state index in [0.29, 0.717) is 23.3 Å². The van der Waals surface area contributed by atoms with Gasteiger partial charge in [-0.25, -0.2) is 0 Å². The minimum Gasteiger partial charge on any atom is -0.472 e. The van der Waals surface area contributed by atoms with Crippen molar-refractivity contribution in [1.82, 2.24) is 0 Å². The molecule has 1 saturated heterocycles. The number of carbonyl (C=O) groups is 1. The molecule has 1 aliphatic rings. The summed E-state index contributed by atoms with van der Waals surface area (Å²) < 4.78 is 5.11. The molecule has 3 rings (SSSR count). The molecule has 3 nitrogen and oxygen atoms in total. The molecule has 1 fully saturated rings. The number of carbonyl (C=O) groups excluding carboxylic acids is 1. The summed E-state index contributed by atoms with van der Waals surface area (Å²) in [5.74, 6) is 1.59. The van der Waals surface area contributed by atoms with Gasteiger partial charge in [0.05, 0.1) is 11.8 Å². The van der Waals surface area contributed by atoms with Crippen LogP contribution in [0.5, 0.6) is 0 Å². The van der Waals surface area contributed by atoms with E-state index in [1.165, 1.54) is 11.3 Å². The number of rotatable bonds is 5. The first-order valence-electron chi connectivity index (χ1n) is 9.30. The van der Waals surface area contributed by atoms with Crippen molar-refractivity contribution in [2.45, 2.75) is 40.0 Å². The smallest absolute Gasteiger partial charge is 0.169 e. The Balaban J connectivity index is 1.80. The second kappa shape index (κ2) is 7.47. The molecular formula is C22H28NO2. The van der Waals surface area contributed by atoms with Gasteiger partial charge in [-0.1, -0.05) is 33.8 Å². The molecule has 2 atom stereocenters. The number of piperidine rings is 1. The Morgan fingerprint density at radius 2 is 2.08 bits per heavy atom. The monoisotopic (exact) mass is 338 g/mol. The Hall–Kier alpha value is -2.03. The molecular weight excluding hydrogens is 310 g/mol. The van der Waals surface area contributed by atoms with Gasteiger partial charge in [-0.15, -0.1) is 0 Å². The number of hydrogen-bond donors (Lipinski definition) is 0. The van der Waals surface area contributed by atoms with Gasteiger partial charge in [-0.3, -0.25) is 4.79 Å². The Kier molecular flexibility index (Phi) is 5.31. The largest absolute Gasteiger partial charge is 0.472 e. The fraction of sp³-hybridized carbons (Fsp3) is 0.500. The average molecular weight is 338 g/mol. The van der Waals surface area contributed by atoms with E-state index in [0.717, 1.165) is 19.5 Å². The van der Waals surface area contributed by atoms with Crippen LogP contribution in [0.15, 0.2) is 41.2 Å². The summed E-state index contributed by atoms with van der Waals surface area (Å²) in [6, 6.07) is 11.5. The number of ketones is 1. The van der Waals surface area contributed by atoms with Gasteiger partial charge in [0.1, 0.15) is 6.26 Å². The Bertz CT molecular complexity index is 703. The minimum absolute atomic E-state index is 0.0775. The maximum Gasteiger partial charge on any atom is 0.169 e. The molecule has 2 heterocycles. The number of benzene rings is 1. The molecule has 133 valence electrons. The molecule has 2 aromatic rings. The topological polar surface area (TPSA) is 33.5 Å². The summed E-state index contributed by atoms with van der Waals surface area (Å²) in [5.41, 5.74) is 3.21. The lowest BCUT2D eigenvalue weighted by atomic mass is 9.75. The van der Waals surface area contributed by atoms with E-state index in [9.17, 15) is 4.79 Å². The molecule has 1 aliphatic heterocycles. The van der Waals surface area contributed by atoms with Crippen LogP contribution in [0.1, 0.15) is 56.0 Å². The second-order valence-corrected chi connectivity index (χ2v) is 7.78. The van der Waals surface area contributed by atoms with Gasteiger partial charge < -0.3 is 9.32 Å². The standard InChI is InChI=1S/C22H28NO2/c1-15(2)17-6-5-7-19(12-17)23-10-8-20(21(13-23)16(3)4)22(24)18-9-11-25-14-18/h5,7,9,11-12,14-16,20-21H,8,10,13H2,1-4H3/t20-,21-/m1/s1. The summed E-state index contributed by atoms with van der Waals surface area (Å²) in [5, 5.41) is 0. The van der Waals surface area contributed by atoms with Crippen molar-refractivity contribution in [3.63, 3.8) is 0 Å². The molecule has 1 aromatic heterocycles. The molecule has 0 unspecified atom stereocenters. The molecule has 25 heavy (non-hydrogen) atoms. The molecule has 1 radical (unpaired) electrons. The maximum atomic E-state index is 12.9. The van der Waals surface area contributed by atoms with E-state index in [1.54, 1.807) is 18.6 Å². The molecule has 0 amide bonds. The van der Waals surface area contributed by atoms with Crippen LogP contribution in [0.4, 0.5) is 5.69 Å². The van der Waals surface area contributed by atoms with Gasteiger partial charge in [-0.2, -0.15) is 0 Å². The maximum absolute atomic E-state index is 12.9. The van der Waals surface area contributed by atoms with E-state index >= 15 is 0 Å². The number of furan rings is 1. The van der Waals surface area contributed by atoms with Crippen LogP contribution in [0.2, 0.25) is 0 Å². The summed E-state index contributed by atoms with van der Waals surface area (Å²) in [6.45, 7) is 10.7. The number of hydrogen-bond acceptors (Lipinski definition) is 3. The average Bonchev–Trinajstić information content (AvgIpc) is 3.15. The van der Waals surface area contributed by atoms with Crippen LogP contribution in [-0.2, 0) is 0 Å². The predicted molar refractivity (Wildman–Crippen MR) is 101 cm³/mol. The summed E-state index contributed by atoms with van der Waals surface area (Å²) >= 11 is 0. The Morgan fingerprint density at radius 3 is 2.72 bits per heavy atom. The third-order valence-corrected chi connectivity index (χ3v) is 5.45. The van der Waals surface area contributed by atoms with E-state index in [-0.39, 0.29) is 11.7 Å². The normalized spacial score (nSPS) is 21.1. The van der Waals surface area contributed by atoms with Crippen molar-refractivity contribution >= 4 is 11.5 Å². The summed E-state index contributed by atoms with van der Waals surface area (Å²) in [4.78, 5) is 15.3. The van der Waals surface area contributed by atoms with Gasteiger partial charge in [-0.05, 0) is 54.0 Å². The first kappa shape index (κ1) is 17.8. The molecule has 0 saturated carbocycles. The number of anilines is 1. The van der Waals surface area contributed by atoms with Crippen LogP contribution in [0.25, 0.3) is 0 Å². The molecule has 1 aromatic carbocycles. The van der Waals surface area contributed by atoms with Crippen LogP contribution in [-0.4, -0.2) is 18.9 Å². The van der Waals surface area contributed by atoms with Crippen LogP contribution >= 0.6 is 0 Å². The van der Waals surface area contributed by atoms with Gasteiger partial charge in [0, 0.05) is 24.7 Å². The third kappa shape index (κ3) is 3.81. The van der Waals surface area contributed by atoms with Crippen molar-refractivity contribution in [2.75, 3.05) is 18.0 Å². The van der Waals surface area contributed by atoms with Crippen molar-refractivity contribution in [1.29, 1.82) is 0 Å². The van der Waals surface area contributed by atoms with Crippen molar-refractivity contribution in [3.05, 3.63) is 54.0 Å².